The van der Waals surface area contributed by atoms with Crippen LogP contribution in [0.25, 0.3) is 0 Å². The predicted octanol–water partition coefficient (Wildman–Crippen LogP) is 4.47. The van der Waals surface area contributed by atoms with Crippen molar-refractivity contribution >= 4 is 11.5 Å². The minimum atomic E-state index is -4.61. The van der Waals surface area contributed by atoms with Gasteiger partial charge in [-0.3, -0.25) is 0 Å². The van der Waals surface area contributed by atoms with Crippen LogP contribution in [0.4, 0.5) is 29.1 Å². The highest BCUT2D eigenvalue weighted by molar-refractivity contribution is 5.69. The molecule has 1 unspecified atom stereocenters. The zero-order chi connectivity index (χ0) is 21.5. The molecule has 0 bridgehead atoms. The third-order valence-corrected chi connectivity index (χ3v) is 5.16. The van der Waals surface area contributed by atoms with Crippen molar-refractivity contribution in [2.24, 2.45) is 5.73 Å². The van der Waals surface area contributed by atoms with Crippen molar-refractivity contribution in [1.29, 1.82) is 0 Å². The lowest BCUT2D eigenvalue weighted by Gasteiger charge is -2.20. The highest BCUT2D eigenvalue weighted by atomic mass is 19.4. The van der Waals surface area contributed by atoms with Crippen LogP contribution < -0.4 is 10.6 Å². The summed E-state index contributed by atoms with van der Waals surface area (Å²) in [4.78, 5) is 6.36. The second kappa shape index (κ2) is 7.70. The summed E-state index contributed by atoms with van der Waals surface area (Å²) < 4.78 is 52.6. The number of hydrogen-bond donors (Lipinski definition) is 2. The van der Waals surface area contributed by atoms with Crippen molar-refractivity contribution in [2.45, 2.75) is 25.2 Å². The van der Waals surface area contributed by atoms with E-state index in [1.165, 1.54) is 0 Å². The number of fused-ring (bicyclic) bond motifs is 1. The Balaban J connectivity index is 1.63. The van der Waals surface area contributed by atoms with E-state index in [0.717, 1.165) is 23.4 Å². The molecule has 3 aromatic rings. The van der Waals surface area contributed by atoms with E-state index in [9.17, 15) is 22.7 Å². The molecule has 0 spiro atoms. The lowest BCUT2D eigenvalue weighted by Crippen LogP contribution is -2.15. The number of nitrogens with zero attached hydrogens (tertiary/aromatic N) is 2. The summed E-state index contributed by atoms with van der Waals surface area (Å²) in [5.41, 5.74) is 8.07. The molecule has 30 heavy (non-hydrogen) atoms. The fourth-order valence-corrected chi connectivity index (χ4v) is 3.85. The van der Waals surface area contributed by atoms with Gasteiger partial charge in [0.1, 0.15) is 17.9 Å². The van der Waals surface area contributed by atoms with E-state index in [0.29, 0.717) is 36.0 Å². The van der Waals surface area contributed by atoms with Gasteiger partial charge in [0.05, 0.1) is 5.56 Å². The minimum Gasteiger partial charge on any atom is -0.375 e. The number of aliphatic hydroxyl groups is 1. The van der Waals surface area contributed by atoms with Crippen LogP contribution >= 0.6 is 0 Å². The third-order valence-electron chi connectivity index (χ3n) is 5.16. The van der Waals surface area contributed by atoms with Crippen LogP contribution in [-0.2, 0) is 19.0 Å². The van der Waals surface area contributed by atoms with E-state index in [1.807, 2.05) is 11.0 Å². The van der Waals surface area contributed by atoms with Gasteiger partial charge in [-0.15, -0.1) is 0 Å². The molecule has 0 fully saturated rings. The Morgan fingerprint density at radius 1 is 1.10 bits per heavy atom. The van der Waals surface area contributed by atoms with Gasteiger partial charge in [0.2, 0.25) is 0 Å². The molecule has 3 N–H and O–H groups in total. The maximum atomic E-state index is 13.7. The number of benzene rings is 2. The normalized spacial score (nSPS) is 14.7. The van der Waals surface area contributed by atoms with E-state index in [4.69, 9.17) is 5.73 Å². The number of rotatable bonds is 4. The molecule has 0 radical (unpaired) electrons. The van der Waals surface area contributed by atoms with Crippen molar-refractivity contribution in [2.75, 3.05) is 11.4 Å². The first-order valence-electron chi connectivity index (χ1n) is 9.37. The Kier molecular flexibility index (Phi) is 5.21. The van der Waals surface area contributed by atoms with Crippen molar-refractivity contribution in [3.8, 4) is 0 Å². The molecule has 1 aliphatic heterocycles. The number of aromatic nitrogens is 1. The minimum absolute atomic E-state index is 0.138. The summed E-state index contributed by atoms with van der Waals surface area (Å²) in [6.45, 7) is 0.633. The molecule has 4 rings (SSSR count). The molecule has 0 aliphatic carbocycles. The topological polar surface area (TPSA) is 62.4 Å². The Morgan fingerprint density at radius 3 is 2.63 bits per heavy atom. The monoisotopic (exact) mass is 417 g/mol. The smallest absolute Gasteiger partial charge is 0.375 e. The molecule has 2 aromatic carbocycles. The number of anilines is 2. The van der Waals surface area contributed by atoms with Crippen LogP contribution in [0.15, 0.2) is 54.7 Å². The molecule has 0 amide bonds. The van der Waals surface area contributed by atoms with Gasteiger partial charge in [-0.25, -0.2) is 9.37 Å². The highest BCUT2D eigenvalue weighted by Crippen LogP contribution is 2.37. The van der Waals surface area contributed by atoms with Gasteiger partial charge in [-0.2, -0.15) is 13.2 Å². The van der Waals surface area contributed by atoms with Gasteiger partial charge in [-0.05, 0) is 65.9 Å². The standard InChI is InChI=1S/C22H19F4N3O/c23-16-10-14(9-15(12-16)22(24,25)26)8-13-4-6-28-20(11-13)29-7-5-17-18(21(27)30)2-1-3-19(17)29/h1-4,6,9-12,21,30H,5,7-8,27H2. The fraction of sp³-hybridized carbons (Fsp3) is 0.227. The Hall–Kier alpha value is -2.97. The largest absolute Gasteiger partial charge is 0.416 e. The van der Waals surface area contributed by atoms with Gasteiger partial charge in [0.25, 0.3) is 0 Å². The van der Waals surface area contributed by atoms with Gasteiger partial charge < -0.3 is 15.7 Å². The molecule has 1 aliphatic rings. The Bertz CT molecular complexity index is 1080. The van der Waals surface area contributed by atoms with Crippen molar-refractivity contribution in [1.82, 2.24) is 4.98 Å². The van der Waals surface area contributed by atoms with E-state index in [1.54, 1.807) is 30.5 Å². The highest BCUT2D eigenvalue weighted by Gasteiger charge is 2.31. The molecule has 156 valence electrons. The van der Waals surface area contributed by atoms with Crippen LogP contribution in [0.3, 0.4) is 0 Å². The second-order valence-corrected chi connectivity index (χ2v) is 7.24. The first-order chi connectivity index (χ1) is 14.2. The number of aliphatic hydroxyl groups excluding tert-OH is 1. The van der Waals surface area contributed by atoms with Crippen molar-refractivity contribution < 1.29 is 22.7 Å². The zero-order valence-corrected chi connectivity index (χ0v) is 15.8. The number of halogens is 4. The van der Waals surface area contributed by atoms with Crippen LogP contribution in [0.5, 0.6) is 0 Å². The van der Waals surface area contributed by atoms with Gasteiger partial charge in [0.15, 0.2) is 0 Å². The SMILES string of the molecule is NC(O)c1cccc2c1CCN2c1cc(Cc2cc(F)cc(C(F)(F)F)c2)ccn1. The van der Waals surface area contributed by atoms with Crippen molar-refractivity contribution in [3.63, 3.8) is 0 Å². The van der Waals surface area contributed by atoms with Gasteiger partial charge in [0, 0.05) is 24.0 Å². The van der Waals surface area contributed by atoms with Gasteiger partial charge >= 0.3 is 6.18 Å². The van der Waals surface area contributed by atoms with E-state index in [-0.39, 0.29) is 12.0 Å². The number of hydrogen-bond acceptors (Lipinski definition) is 4. The summed E-state index contributed by atoms with van der Waals surface area (Å²) in [6, 6.07) is 11.5. The zero-order valence-electron chi connectivity index (χ0n) is 15.8. The summed E-state index contributed by atoms with van der Waals surface area (Å²) in [7, 11) is 0. The van der Waals surface area contributed by atoms with E-state index in [2.05, 4.69) is 4.98 Å². The Labute approximate surface area is 170 Å². The molecule has 0 saturated heterocycles. The second-order valence-electron chi connectivity index (χ2n) is 7.24. The Morgan fingerprint density at radius 2 is 1.90 bits per heavy atom. The number of pyridine rings is 1. The first-order valence-corrected chi connectivity index (χ1v) is 9.37. The molecular formula is C22H19F4N3O. The van der Waals surface area contributed by atoms with E-state index < -0.39 is 23.8 Å². The lowest BCUT2D eigenvalue weighted by molar-refractivity contribution is -0.137. The summed E-state index contributed by atoms with van der Waals surface area (Å²) in [5, 5.41) is 9.79. The van der Waals surface area contributed by atoms with Crippen LogP contribution in [0.1, 0.15) is 34.0 Å². The number of alkyl halides is 3. The predicted molar refractivity (Wildman–Crippen MR) is 105 cm³/mol. The van der Waals surface area contributed by atoms with Crippen molar-refractivity contribution in [3.05, 3.63) is 88.4 Å². The first kappa shape index (κ1) is 20.3. The van der Waals surface area contributed by atoms with E-state index >= 15 is 0 Å². The van der Waals surface area contributed by atoms with Gasteiger partial charge in [-0.1, -0.05) is 12.1 Å². The molecule has 4 nitrogen and oxygen atoms in total. The van der Waals surface area contributed by atoms with Crippen LogP contribution in [-0.4, -0.2) is 16.6 Å². The molecule has 1 aromatic heterocycles. The molecule has 1 atom stereocenters. The summed E-state index contributed by atoms with van der Waals surface area (Å²) in [5.74, 6) is -0.294. The third kappa shape index (κ3) is 4.01. The maximum absolute atomic E-state index is 13.7. The fourth-order valence-electron chi connectivity index (χ4n) is 3.85. The summed E-state index contributed by atoms with van der Waals surface area (Å²) in [6.07, 6.45) is -3.28. The average molecular weight is 417 g/mol. The molecule has 2 heterocycles. The van der Waals surface area contributed by atoms with Crippen LogP contribution in [0, 0.1) is 5.82 Å². The molecular weight excluding hydrogens is 398 g/mol. The molecule has 0 saturated carbocycles. The summed E-state index contributed by atoms with van der Waals surface area (Å²) >= 11 is 0. The number of nitrogens with two attached hydrogens (primary N) is 1. The molecule has 8 heteroatoms. The average Bonchev–Trinajstić information content (AvgIpc) is 3.11. The maximum Gasteiger partial charge on any atom is 0.416 e. The quantitative estimate of drug-likeness (QED) is 0.486. The lowest BCUT2D eigenvalue weighted by atomic mass is 10.0. The van der Waals surface area contributed by atoms with Crippen LogP contribution in [0.2, 0.25) is 0 Å².